The largest absolute Gasteiger partial charge is 0.360 e. The maximum absolute atomic E-state index is 13.1. The van der Waals surface area contributed by atoms with E-state index in [-0.39, 0.29) is 17.8 Å². The fourth-order valence-corrected chi connectivity index (χ4v) is 3.15. The molecule has 7 heteroatoms. The molecule has 1 aromatic carbocycles. The molecule has 5 nitrogen and oxygen atoms in total. The third kappa shape index (κ3) is 3.21. The van der Waals surface area contributed by atoms with Crippen molar-refractivity contribution in [1.82, 2.24) is 15.5 Å². The Hall–Kier alpha value is -2.54. The molecule has 3 aromatic rings. The van der Waals surface area contributed by atoms with Gasteiger partial charge in [0, 0.05) is 17.0 Å². The fourth-order valence-electron chi connectivity index (χ4n) is 2.26. The van der Waals surface area contributed by atoms with E-state index in [0.717, 1.165) is 11.1 Å². The van der Waals surface area contributed by atoms with Crippen LogP contribution in [-0.4, -0.2) is 22.1 Å². The third-order valence-electron chi connectivity index (χ3n) is 3.35. The Labute approximate surface area is 142 Å². The Morgan fingerprint density at radius 1 is 1.29 bits per heavy atom. The number of hydrogen-bond donors (Lipinski definition) is 1. The van der Waals surface area contributed by atoms with Crippen LogP contribution in [0, 0.1) is 12.7 Å². The molecule has 2 heterocycles. The molecule has 1 N–H and O–H groups in total. The van der Waals surface area contributed by atoms with Gasteiger partial charge >= 0.3 is 0 Å². The maximum Gasteiger partial charge on any atom is 0.270 e. The van der Waals surface area contributed by atoms with E-state index in [1.54, 1.807) is 24.4 Å². The minimum absolute atomic E-state index is 0.0368. The summed E-state index contributed by atoms with van der Waals surface area (Å²) < 4.78 is 18.4. The van der Waals surface area contributed by atoms with Crippen molar-refractivity contribution in [2.75, 3.05) is 0 Å². The molecule has 0 bridgehead atoms. The Morgan fingerprint density at radius 2 is 2.00 bits per heavy atom. The lowest BCUT2D eigenvalue weighted by molar-refractivity contribution is 0.0939. The third-order valence-corrected chi connectivity index (χ3v) is 4.21. The van der Waals surface area contributed by atoms with Gasteiger partial charge in [0.25, 0.3) is 5.91 Å². The van der Waals surface area contributed by atoms with E-state index in [1.807, 2.05) is 13.8 Å². The number of amides is 1. The molecule has 0 saturated heterocycles. The first-order valence-corrected chi connectivity index (χ1v) is 8.32. The van der Waals surface area contributed by atoms with Gasteiger partial charge in [-0.1, -0.05) is 5.16 Å². The van der Waals surface area contributed by atoms with E-state index in [9.17, 15) is 9.18 Å². The number of carbonyl (C=O) groups excluding carboxylic acids is 1. The first-order valence-electron chi connectivity index (χ1n) is 7.44. The molecule has 24 heavy (non-hydrogen) atoms. The second-order valence-electron chi connectivity index (χ2n) is 5.64. The lowest BCUT2D eigenvalue weighted by Crippen LogP contribution is -2.30. The van der Waals surface area contributed by atoms with Crippen LogP contribution in [0.25, 0.3) is 21.8 Å². The highest BCUT2D eigenvalue weighted by molar-refractivity contribution is 7.13. The van der Waals surface area contributed by atoms with Crippen molar-refractivity contribution in [1.29, 1.82) is 0 Å². The Balaban J connectivity index is 1.99. The molecule has 0 radical (unpaired) electrons. The number of aryl methyl sites for hydroxylation is 1. The summed E-state index contributed by atoms with van der Waals surface area (Å²) in [7, 11) is 0. The SMILES string of the molecule is Cc1onc(-c2ccc(F)cc2)c1-c1nc(C(=O)NC(C)C)cs1. The van der Waals surface area contributed by atoms with E-state index in [0.29, 0.717) is 22.2 Å². The van der Waals surface area contributed by atoms with E-state index < -0.39 is 0 Å². The van der Waals surface area contributed by atoms with Gasteiger partial charge in [0.1, 0.15) is 28.0 Å². The van der Waals surface area contributed by atoms with Crippen LogP contribution in [0.15, 0.2) is 34.2 Å². The topological polar surface area (TPSA) is 68.0 Å². The Bertz CT molecular complexity index is 868. The number of thiazole rings is 1. The van der Waals surface area contributed by atoms with Crippen LogP contribution < -0.4 is 5.32 Å². The highest BCUT2D eigenvalue weighted by Gasteiger charge is 2.21. The number of benzene rings is 1. The average molecular weight is 345 g/mol. The number of halogens is 1. The van der Waals surface area contributed by atoms with Crippen LogP contribution in [0.3, 0.4) is 0 Å². The standard InChI is InChI=1S/C17H16FN3O2S/c1-9(2)19-16(22)13-8-24-17(20-13)14-10(3)23-21-15(14)11-4-6-12(18)7-5-11/h4-9H,1-3H3,(H,19,22). The number of nitrogens with one attached hydrogen (secondary N) is 1. The summed E-state index contributed by atoms with van der Waals surface area (Å²) >= 11 is 1.34. The number of aromatic nitrogens is 2. The van der Waals surface area contributed by atoms with E-state index in [1.165, 1.54) is 23.5 Å². The monoisotopic (exact) mass is 345 g/mol. The van der Waals surface area contributed by atoms with Gasteiger partial charge in [0.15, 0.2) is 0 Å². The quantitative estimate of drug-likeness (QED) is 0.774. The van der Waals surface area contributed by atoms with Crippen molar-refractivity contribution >= 4 is 17.2 Å². The van der Waals surface area contributed by atoms with Crippen LogP contribution in [-0.2, 0) is 0 Å². The zero-order valence-electron chi connectivity index (χ0n) is 13.5. The van der Waals surface area contributed by atoms with Crippen LogP contribution in [0.5, 0.6) is 0 Å². The molecule has 124 valence electrons. The summed E-state index contributed by atoms with van der Waals surface area (Å²) in [5.74, 6) is 0.0619. The molecule has 0 spiro atoms. The van der Waals surface area contributed by atoms with Crippen LogP contribution in [0.2, 0.25) is 0 Å². The highest BCUT2D eigenvalue weighted by Crippen LogP contribution is 2.35. The van der Waals surface area contributed by atoms with Crippen molar-refractivity contribution in [2.24, 2.45) is 0 Å². The second-order valence-corrected chi connectivity index (χ2v) is 6.49. The normalized spacial score (nSPS) is 11.0. The zero-order valence-corrected chi connectivity index (χ0v) is 14.3. The summed E-state index contributed by atoms with van der Waals surface area (Å²) in [5.41, 5.74) is 2.38. The summed E-state index contributed by atoms with van der Waals surface area (Å²) in [4.78, 5) is 16.5. The molecule has 2 aromatic heterocycles. The second kappa shape index (κ2) is 6.52. The van der Waals surface area contributed by atoms with Gasteiger partial charge in [-0.25, -0.2) is 9.37 Å². The molecular weight excluding hydrogens is 329 g/mol. The van der Waals surface area contributed by atoms with Crippen molar-refractivity contribution < 1.29 is 13.7 Å². The first kappa shape index (κ1) is 16.3. The Morgan fingerprint density at radius 3 is 2.67 bits per heavy atom. The zero-order chi connectivity index (χ0) is 17.3. The molecular formula is C17H16FN3O2S. The predicted molar refractivity (Wildman–Crippen MR) is 90.3 cm³/mol. The minimum Gasteiger partial charge on any atom is -0.360 e. The summed E-state index contributed by atoms with van der Waals surface area (Å²) in [6.07, 6.45) is 0. The molecule has 0 aliphatic rings. The minimum atomic E-state index is -0.317. The van der Waals surface area contributed by atoms with Crippen molar-refractivity contribution in [3.8, 4) is 21.8 Å². The van der Waals surface area contributed by atoms with Gasteiger partial charge in [-0.15, -0.1) is 11.3 Å². The number of rotatable bonds is 4. The smallest absolute Gasteiger partial charge is 0.270 e. The van der Waals surface area contributed by atoms with Crippen molar-refractivity contribution in [3.05, 3.63) is 46.9 Å². The number of hydrogen-bond acceptors (Lipinski definition) is 5. The lowest BCUT2D eigenvalue weighted by Gasteiger charge is -2.05. The van der Waals surface area contributed by atoms with Gasteiger partial charge in [0.05, 0.1) is 5.56 Å². The van der Waals surface area contributed by atoms with Gasteiger partial charge in [-0.05, 0) is 45.0 Å². The number of carbonyl (C=O) groups is 1. The van der Waals surface area contributed by atoms with Gasteiger partial charge < -0.3 is 9.84 Å². The van der Waals surface area contributed by atoms with Crippen LogP contribution >= 0.6 is 11.3 Å². The van der Waals surface area contributed by atoms with E-state index >= 15 is 0 Å². The van der Waals surface area contributed by atoms with Crippen LogP contribution in [0.1, 0.15) is 30.1 Å². The molecule has 0 fully saturated rings. The highest BCUT2D eigenvalue weighted by atomic mass is 32.1. The number of nitrogens with zero attached hydrogens (tertiary/aromatic N) is 2. The predicted octanol–water partition coefficient (Wildman–Crippen LogP) is 4.05. The molecule has 0 aliphatic heterocycles. The molecule has 0 aliphatic carbocycles. The summed E-state index contributed by atoms with van der Waals surface area (Å²) in [5, 5.41) is 9.22. The van der Waals surface area contributed by atoms with Gasteiger partial charge in [-0.3, -0.25) is 4.79 Å². The molecule has 0 saturated carbocycles. The lowest BCUT2D eigenvalue weighted by atomic mass is 10.1. The first-order chi connectivity index (χ1) is 11.5. The molecule has 1 amide bonds. The Kier molecular flexibility index (Phi) is 4.44. The summed E-state index contributed by atoms with van der Waals surface area (Å²) in [6, 6.07) is 6.04. The van der Waals surface area contributed by atoms with Gasteiger partial charge in [0.2, 0.25) is 0 Å². The van der Waals surface area contributed by atoms with Crippen molar-refractivity contribution in [3.63, 3.8) is 0 Å². The average Bonchev–Trinajstić information content (AvgIpc) is 3.14. The molecule has 0 atom stereocenters. The fraction of sp³-hybridized carbons (Fsp3) is 0.235. The summed E-state index contributed by atoms with van der Waals surface area (Å²) in [6.45, 7) is 5.56. The molecule has 0 unspecified atom stereocenters. The van der Waals surface area contributed by atoms with Crippen molar-refractivity contribution in [2.45, 2.75) is 26.8 Å². The maximum atomic E-state index is 13.1. The van der Waals surface area contributed by atoms with E-state index in [2.05, 4.69) is 15.5 Å². The van der Waals surface area contributed by atoms with Gasteiger partial charge in [-0.2, -0.15) is 0 Å². The van der Waals surface area contributed by atoms with Crippen LogP contribution in [0.4, 0.5) is 4.39 Å². The molecule has 3 rings (SSSR count). The van der Waals surface area contributed by atoms with E-state index in [4.69, 9.17) is 4.52 Å².